The second-order valence-electron chi connectivity index (χ2n) is 25.6. The van der Waals surface area contributed by atoms with Crippen LogP contribution in [0.4, 0.5) is 0 Å². The molecule has 6 aromatic heterocycles. The minimum atomic E-state index is 0.560. The number of para-hydroxylation sites is 5. The Bertz CT molecular complexity index is 6590. The van der Waals surface area contributed by atoms with Crippen molar-refractivity contribution in [3.05, 3.63) is 346 Å². The average Bonchev–Trinajstić information content (AvgIpc) is 1.58. The predicted molar refractivity (Wildman–Crippen MR) is 411 cm³/mol. The van der Waals surface area contributed by atoms with E-state index in [9.17, 15) is 0 Å². The Morgan fingerprint density at radius 2 is 0.540 bits per heavy atom. The summed E-state index contributed by atoms with van der Waals surface area (Å²) < 4.78 is 9.24. The van der Waals surface area contributed by atoms with Crippen LogP contribution in [-0.2, 0) is 0 Å². The maximum absolute atomic E-state index is 5.58. The van der Waals surface area contributed by atoms with Gasteiger partial charge in [-0.1, -0.05) is 249 Å². The molecule has 0 aliphatic carbocycles. The van der Waals surface area contributed by atoms with Crippen molar-refractivity contribution in [2.45, 2.75) is 0 Å². The normalized spacial score (nSPS) is 11.8. The van der Waals surface area contributed by atoms with E-state index in [0.29, 0.717) is 23.5 Å². The molecule has 0 spiro atoms. The van der Waals surface area contributed by atoms with E-state index in [0.717, 1.165) is 138 Å². The summed E-state index contributed by atoms with van der Waals surface area (Å²) in [5.74, 6) is 2.39. The van der Waals surface area contributed by atoms with Gasteiger partial charge in [0.15, 0.2) is 11.6 Å². The average molecular weight is 1280 g/mol. The second-order valence-corrected chi connectivity index (χ2v) is 25.6. The number of aromatic nitrogens is 9. The van der Waals surface area contributed by atoms with Crippen LogP contribution in [0.2, 0.25) is 0 Å². The smallest absolute Gasteiger partial charge is 0.238 e. The van der Waals surface area contributed by atoms with Crippen LogP contribution in [0.5, 0.6) is 0 Å². The molecule has 0 N–H and O–H groups in total. The number of rotatable bonds is 11. The zero-order chi connectivity index (χ0) is 65.8. The Hall–Kier alpha value is -13.6. The summed E-state index contributed by atoms with van der Waals surface area (Å²) in [7, 11) is 0. The van der Waals surface area contributed by atoms with E-state index >= 15 is 0 Å². The van der Waals surface area contributed by atoms with Crippen molar-refractivity contribution >= 4 is 87.2 Å². The lowest BCUT2D eigenvalue weighted by atomic mass is 9.98. The van der Waals surface area contributed by atoms with Crippen molar-refractivity contribution in [1.82, 2.24) is 43.2 Å². The largest absolute Gasteiger partial charge is 0.309 e. The van der Waals surface area contributed by atoms with Gasteiger partial charge in [0, 0.05) is 76.7 Å². The Labute approximate surface area is 574 Å². The van der Waals surface area contributed by atoms with Crippen LogP contribution in [0.3, 0.4) is 0 Å². The Balaban J connectivity index is 0.687. The van der Waals surface area contributed by atoms with E-state index in [4.69, 9.17) is 24.9 Å². The summed E-state index contributed by atoms with van der Waals surface area (Å²) in [6.45, 7) is 0. The van der Waals surface area contributed by atoms with Crippen molar-refractivity contribution in [3.8, 4) is 102 Å². The SMILES string of the molecule is c1ccc(-c2cc(-c3cccc(-c4cccc(-n5c6ccccc6c6cc(-c7cccc8c7c7ccccc7n8-c7nc(-c8ccccc8)nc(-c8ccccc8)n7)ccc65)c4)c3)nc(-n3c4ccccc4c4c(-c5ccc6c(c5)c5ccccc5n6-c5ccccc5)cccc43)n2)cc1. The summed E-state index contributed by atoms with van der Waals surface area (Å²) in [6.07, 6.45) is 0. The zero-order valence-electron chi connectivity index (χ0n) is 53.9. The third-order valence-corrected chi connectivity index (χ3v) is 19.8. The number of fused-ring (bicyclic) bond motifs is 12. The minimum absolute atomic E-state index is 0.560. The number of nitrogens with zero attached hydrogens (tertiary/aromatic N) is 9. The zero-order valence-corrected chi connectivity index (χ0v) is 53.9. The van der Waals surface area contributed by atoms with Crippen LogP contribution in [0.25, 0.3) is 189 Å². The fourth-order valence-electron chi connectivity index (χ4n) is 15.4. The molecule has 100 heavy (non-hydrogen) atoms. The summed E-state index contributed by atoms with van der Waals surface area (Å²) in [4.78, 5) is 26.5. The van der Waals surface area contributed by atoms with E-state index in [2.05, 4.69) is 328 Å². The third kappa shape index (κ3) is 9.21. The van der Waals surface area contributed by atoms with Crippen LogP contribution in [0.1, 0.15) is 0 Å². The van der Waals surface area contributed by atoms with E-state index in [1.54, 1.807) is 0 Å². The Morgan fingerprint density at radius 3 is 1.07 bits per heavy atom. The van der Waals surface area contributed by atoms with Gasteiger partial charge < -0.3 is 9.13 Å². The molecule has 0 atom stereocenters. The number of hydrogen-bond acceptors (Lipinski definition) is 5. The standard InChI is InChI=1S/C91H57N9/c1-5-25-58(26-6-1)76-57-77(93-90(92-76)99-80-45-19-15-39-72(80)86-68(41-23-47-84(86)99)63-49-51-82-74(55-63)70-37-13-17-43-78(70)97(82)66-34-11-4-12-35-66)65-33-21-31-61(53-65)62-32-22-36-67(54-62)98-79-44-18-14-38-71(79)75-56-64(50-52-83(75)98)69-42-24-48-85-87(69)73-40-16-20-46-81(73)100(85)91-95-88(59-27-7-2-8-28-59)94-89(96-91)60-29-9-3-10-30-60/h1-57H. The third-order valence-electron chi connectivity index (χ3n) is 19.8. The summed E-state index contributed by atoms with van der Waals surface area (Å²) in [5, 5.41) is 9.28. The number of hydrogen-bond donors (Lipinski definition) is 0. The molecule has 0 bridgehead atoms. The topological polar surface area (TPSA) is 84.2 Å². The monoisotopic (exact) mass is 1280 g/mol. The molecule has 9 heteroatoms. The molecular weight excluding hydrogens is 1220 g/mol. The Kier molecular flexibility index (Phi) is 13.1. The van der Waals surface area contributed by atoms with Gasteiger partial charge in [-0.05, 0) is 130 Å². The van der Waals surface area contributed by atoms with Crippen LogP contribution in [0, 0.1) is 0 Å². The van der Waals surface area contributed by atoms with Gasteiger partial charge in [-0.3, -0.25) is 9.13 Å². The fourth-order valence-corrected chi connectivity index (χ4v) is 15.4. The van der Waals surface area contributed by atoms with E-state index < -0.39 is 0 Å². The first-order valence-corrected chi connectivity index (χ1v) is 33.8. The molecule has 0 aliphatic heterocycles. The molecule has 0 amide bonds. The van der Waals surface area contributed by atoms with Gasteiger partial charge in [0.05, 0.1) is 55.5 Å². The first kappa shape index (κ1) is 56.7. The lowest BCUT2D eigenvalue weighted by Crippen LogP contribution is -2.06. The Morgan fingerprint density at radius 1 is 0.180 bits per heavy atom. The molecule has 0 unspecified atom stereocenters. The molecule has 20 rings (SSSR count). The van der Waals surface area contributed by atoms with Crippen LogP contribution >= 0.6 is 0 Å². The first-order chi connectivity index (χ1) is 49.6. The van der Waals surface area contributed by atoms with Crippen molar-refractivity contribution in [1.29, 1.82) is 0 Å². The lowest BCUT2D eigenvalue weighted by Gasteiger charge is -2.13. The van der Waals surface area contributed by atoms with Gasteiger partial charge in [0.25, 0.3) is 0 Å². The summed E-state index contributed by atoms with van der Waals surface area (Å²) in [5.41, 5.74) is 23.1. The van der Waals surface area contributed by atoms with Gasteiger partial charge in [-0.25, -0.2) is 15.0 Å². The summed E-state index contributed by atoms with van der Waals surface area (Å²) >= 11 is 0. The predicted octanol–water partition coefficient (Wildman–Crippen LogP) is 22.7. The first-order valence-electron chi connectivity index (χ1n) is 33.8. The molecule has 0 aliphatic rings. The van der Waals surface area contributed by atoms with Crippen LogP contribution in [-0.4, -0.2) is 43.2 Å². The van der Waals surface area contributed by atoms with Gasteiger partial charge in [0.2, 0.25) is 11.9 Å². The molecule has 6 heterocycles. The lowest BCUT2D eigenvalue weighted by molar-refractivity contribution is 0.953. The molecule has 14 aromatic carbocycles. The van der Waals surface area contributed by atoms with Gasteiger partial charge in [-0.2, -0.15) is 9.97 Å². The van der Waals surface area contributed by atoms with Crippen molar-refractivity contribution in [2.24, 2.45) is 0 Å². The fraction of sp³-hybridized carbons (Fsp3) is 0. The van der Waals surface area contributed by atoms with E-state index in [-0.39, 0.29) is 0 Å². The maximum Gasteiger partial charge on any atom is 0.238 e. The molecular formula is C91H57N9. The minimum Gasteiger partial charge on any atom is -0.309 e. The van der Waals surface area contributed by atoms with E-state index in [1.807, 2.05) is 36.4 Å². The molecule has 466 valence electrons. The molecule has 9 nitrogen and oxygen atoms in total. The second kappa shape index (κ2) is 23.0. The van der Waals surface area contributed by atoms with E-state index in [1.165, 1.54) is 27.2 Å². The highest BCUT2D eigenvalue weighted by molar-refractivity contribution is 6.19. The van der Waals surface area contributed by atoms with Crippen molar-refractivity contribution < 1.29 is 0 Å². The molecule has 0 fully saturated rings. The van der Waals surface area contributed by atoms with Gasteiger partial charge in [0.1, 0.15) is 0 Å². The molecule has 0 saturated heterocycles. The quantitative estimate of drug-likeness (QED) is 0.129. The maximum atomic E-state index is 5.58. The summed E-state index contributed by atoms with van der Waals surface area (Å²) in [6, 6.07) is 123. The van der Waals surface area contributed by atoms with Crippen LogP contribution in [0.15, 0.2) is 346 Å². The van der Waals surface area contributed by atoms with Gasteiger partial charge in [-0.15, -0.1) is 0 Å². The highest BCUT2D eigenvalue weighted by Gasteiger charge is 2.24. The number of benzene rings is 14. The highest BCUT2D eigenvalue weighted by atomic mass is 15.2. The van der Waals surface area contributed by atoms with Crippen molar-refractivity contribution in [3.63, 3.8) is 0 Å². The van der Waals surface area contributed by atoms with Crippen molar-refractivity contribution in [2.75, 3.05) is 0 Å². The molecule has 0 radical (unpaired) electrons. The molecule has 0 saturated carbocycles. The van der Waals surface area contributed by atoms with Gasteiger partial charge >= 0.3 is 0 Å². The van der Waals surface area contributed by atoms with Crippen LogP contribution < -0.4 is 0 Å². The molecule has 20 aromatic rings. The highest BCUT2D eigenvalue weighted by Crippen LogP contribution is 2.45.